The van der Waals surface area contributed by atoms with E-state index in [2.05, 4.69) is 27.4 Å². The third-order valence-corrected chi connectivity index (χ3v) is 3.13. The van der Waals surface area contributed by atoms with Crippen molar-refractivity contribution in [3.8, 4) is 11.6 Å². The molecule has 0 amide bonds. The molecule has 0 radical (unpaired) electrons. The summed E-state index contributed by atoms with van der Waals surface area (Å²) in [5.41, 5.74) is 0.871. The monoisotopic (exact) mass is 279 g/mol. The fourth-order valence-electron chi connectivity index (χ4n) is 2.23. The highest BCUT2D eigenvalue weighted by atomic mass is 16.5. The molecule has 1 heterocycles. The van der Waals surface area contributed by atoms with Crippen LogP contribution in [0.4, 0.5) is 5.95 Å². The number of ether oxygens (including phenoxy) is 1. The first kappa shape index (κ1) is 13.4. The number of fused-ring (bicyclic) bond motifs is 1. The Hall–Kier alpha value is -2.62. The van der Waals surface area contributed by atoms with E-state index >= 15 is 0 Å². The summed E-state index contributed by atoms with van der Waals surface area (Å²) in [6.07, 6.45) is 0. The van der Waals surface area contributed by atoms with E-state index in [1.807, 2.05) is 50.2 Å². The van der Waals surface area contributed by atoms with Crippen molar-refractivity contribution in [1.82, 2.24) is 9.97 Å². The van der Waals surface area contributed by atoms with Gasteiger partial charge in [-0.2, -0.15) is 4.98 Å². The van der Waals surface area contributed by atoms with Crippen molar-refractivity contribution in [3.63, 3.8) is 0 Å². The number of aromatic nitrogens is 2. The number of nitrogens with zero attached hydrogens (tertiary/aromatic N) is 2. The molecule has 0 unspecified atom stereocenters. The van der Waals surface area contributed by atoms with Crippen LogP contribution in [0.15, 0.2) is 48.5 Å². The van der Waals surface area contributed by atoms with E-state index in [0.717, 1.165) is 28.8 Å². The maximum atomic E-state index is 5.97. The van der Waals surface area contributed by atoms with Crippen molar-refractivity contribution in [3.05, 3.63) is 54.2 Å². The Morgan fingerprint density at radius 3 is 2.71 bits per heavy atom. The fraction of sp³-hybridized carbons (Fsp3) is 0.176. The summed E-state index contributed by atoms with van der Waals surface area (Å²) in [6.45, 7) is 4.71. The molecule has 0 saturated heterocycles. The molecule has 3 rings (SSSR count). The topological polar surface area (TPSA) is 47.0 Å². The van der Waals surface area contributed by atoms with E-state index in [0.29, 0.717) is 11.8 Å². The smallest absolute Gasteiger partial charge is 0.226 e. The van der Waals surface area contributed by atoms with Crippen molar-refractivity contribution in [1.29, 1.82) is 0 Å². The first-order valence-electron chi connectivity index (χ1n) is 7.01. The number of rotatable bonds is 4. The van der Waals surface area contributed by atoms with Gasteiger partial charge in [-0.3, -0.25) is 0 Å². The summed E-state index contributed by atoms with van der Waals surface area (Å²) in [6, 6.07) is 16.0. The lowest BCUT2D eigenvalue weighted by atomic mass is 10.1. The van der Waals surface area contributed by atoms with E-state index < -0.39 is 0 Å². The van der Waals surface area contributed by atoms with Gasteiger partial charge in [0.25, 0.3) is 0 Å². The molecular formula is C17H17N3O. The second kappa shape index (κ2) is 5.79. The molecule has 0 bridgehead atoms. The van der Waals surface area contributed by atoms with Crippen LogP contribution in [-0.2, 0) is 0 Å². The maximum Gasteiger partial charge on any atom is 0.226 e. The van der Waals surface area contributed by atoms with E-state index in [-0.39, 0.29) is 0 Å². The minimum atomic E-state index is 0.551. The molecule has 21 heavy (non-hydrogen) atoms. The second-order valence-electron chi connectivity index (χ2n) is 4.78. The van der Waals surface area contributed by atoms with Gasteiger partial charge < -0.3 is 10.1 Å². The van der Waals surface area contributed by atoms with Gasteiger partial charge in [0.1, 0.15) is 5.75 Å². The minimum Gasteiger partial charge on any atom is -0.438 e. The van der Waals surface area contributed by atoms with E-state index in [1.54, 1.807) is 0 Å². The van der Waals surface area contributed by atoms with Crippen molar-refractivity contribution < 1.29 is 4.74 Å². The van der Waals surface area contributed by atoms with Gasteiger partial charge in [-0.25, -0.2) is 4.98 Å². The van der Waals surface area contributed by atoms with Gasteiger partial charge in [-0.15, -0.1) is 0 Å². The van der Waals surface area contributed by atoms with E-state index in [1.165, 1.54) is 0 Å². The zero-order valence-electron chi connectivity index (χ0n) is 12.1. The quantitative estimate of drug-likeness (QED) is 0.779. The van der Waals surface area contributed by atoms with Gasteiger partial charge in [0.15, 0.2) is 0 Å². The summed E-state index contributed by atoms with van der Waals surface area (Å²) in [4.78, 5) is 8.71. The van der Waals surface area contributed by atoms with E-state index in [4.69, 9.17) is 4.74 Å². The number of aryl methyl sites for hydroxylation is 1. The Kier molecular flexibility index (Phi) is 3.69. The Labute approximate surface area is 123 Å². The largest absolute Gasteiger partial charge is 0.438 e. The average Bonchev–Trinajstić information content (AvgIpc) is 2.47. The molecule has 1 aromatic heterocycles. The maximum absolute atomic E-state index is 5.97. The van der Waals surface area contributed by atoms with Crippen molar-refractivity contribution in [2.45, 2.75) is 13.8 Å². The molecule has 0 spiro atoms. The minimum absolute atomic E-state index is 0.551. The lowest BCUT2D eigenvalue weighted by Gasteiger charge is -2.10. The van der Waals surface area contributed by atoms with Crippen LogP contribution in [0.2, 0.25) is 0 Å². The lowest BCUT2D eigenvalue weighted by molar-refractivity contribution is 0.467. The van der Waals surface area contributed by atoms with E-state index in [9.17, 15) is 0 Å². The Bertz CT molecular complexity index is 766. The average molecular weight is 279 g/mol. The van der Waals surface area contributed by atoms with Crippen molar-refractivity contribution in [2.75, 3.05) is 11.9 Å². The molecule has 0 aliphatic carbocycles. The van der Waals surface area contributed by atoms with Crippen molar-refractivity contribution in [2.24, 2.45) is 0 Å². The number of hydrogen-bond acceptors (Lipinski definition) is 4. The highest BCUT2D eigenvalue weighted by Crippen LogP contribution is 2.29. The van der Waals surface area contributed by atoms with Crippen LogP contribution in [0, 0.1) is 6.92 Å². The van der Waals surface area contributed by atoms with Gasteiger partial charge in [0.2, 0.25) is 11.8 Å². The van der Waals surface area contributed by atoms with Crippen LogP contribution in [-0.4, -0.2) is 16.5 Å². The highest BCUT2D eigenvalue weighted by Gasteiger charge is 2.06. The van der Waals surface area contributed by atoms with Crippen molar-refractivity contribution >= 4 is 16.7 Å². The zero-order chi connectivity index (χ0) is 14.7. The van der Waals surface area contributed by atoms with Gasteiger partial charge in [-0.05, 0) is 25.3 Å². The van der Waals surface area contributed by atoms with Gasteiger partial charge in [0.05, 0.1) is 0 Å². The molecule has 106 valence electrons. The van der Waals surface area contributed by atoms with Crippen LogP contribution in [0.25, 0.3) is 10.8 Å². The summed E-state index contributed by atoms with van der Waals surface area (Å²) >= 11 is 0. The molecule has 0 saturated carbocycles. The molecule has 1 N–H and O–H groups in total. The number of nitrogens with one attached hydrogen (secondary N) is 1. The highest BCUT2D eigenvalue weighted by molar-refractivity contribution is 5.88. The number of hydrogen-bond donors (Lipinski definition) is 1. The summed E-state index contributed by atoms with van der Waals surface area (Å²) in [7, 11) is 0. The first-order valence-corrected chi connectivity index (χ1v) is 7.01. The SMILES string of the molecule is CCNc1nc(C)cc(Oc2cccc3ccccc23)n1. The zero-order valence-corrected chi connectivity index (χ0v) is 12.1. The molecule has 3 aromatic rings. The molecule has 0 aliphatic rings. The summed E-state index contributed by atoms with van der Waals surface area (Å²) in [5, 5.41) is 5.33. The first-order chi connectivity index (χ1) is 10.3. The molecule has 0 atom stereocenters. The molecule has 2 aromatic carbocycles. The molecule has 0 aliphatic heterocycles. The van der Waals surface area contributed by atoms with Gasteiger partial charge >= 0.3 is 0 Å². The molecule has 4 nitrogen and oxygen atoms in total. The predicted octanol–water partition coefficient (Wildman–Crippen LogP) is 4.16. The normalized spacial score (nSPS) is 10.6. The Balaban J connectivity index is 1.98. The third-order valence-electron chi connectivity index (χ3n) is 3.13. The van der Waals surface area contributed by atoms with Crippen LogP contribution in [0.5, 0.6) is 11.6 Å². The third kappa shape index (κ3) is 2.94. The summed E-state index contributed by atoms with van der Waals surface area (Å²) < 4.78 is 5.97. The van der Waals surface area contributed by atoms with Crippen LogP contribution >= 0.6 is 0 Å². The second-order valence-corrected chi connectivity index (χ2v) is 4.78. The standard InChI is InChI=1S/C17H17N3O/c1-3-18-17-19-12(2)11-16(20-17)21-15-10-6-8-13-7-4-5-9-14(13)15/h4-11H,3H2,1-2H3,(H,18,19,20). The van der Waals surface area contributed by atoms with Gasteiger partial charge in [-0.1, -0.05) is 36.4 Å². The predicted molar refractivity (Wildman–Crippen MR) is 85.0 cm³/mol. The van der Waals surface area contributed by atoms with Crippen LogP contribution in [0.1, 0.15) is 12.6 Å². The van der Waals surface area contributed by atoms with Crippen LogP contribution < -0.4 is 10.1 Å². The Morgan fingerprint density at radius 2 is 1.86 bits per heavy atom. The van der Waals surface area contributed by atoms with Crippen LogP contribution in [0.3, 0.4) is 0 Å². The number of anilines is 1. The van der Waals surface area contributed by atoms with Gasteiger partial charge in [0, 0.05) is 23.7 Å². The molecular weight excluding hydrogens is 262 g/mol. The Morgan fingerprint density at radius 1 is 1.05 bits per heavy atom. The lowest BCUT2D eigenvalue weighted by Crippen LogP contribution is -2.04. The number of benzene rings is 2. The molecule has 4 heteroatoms. The summed E-state index contributed by atoms with van der Waals surface area (Å²) in [5.74, 6) is 1.94. The fourth-order valence-corrected chi connectivity index (χ4v) is 2.23. The molecule has 0 fully saturated rings.